The van der Waals surface area contributed by atoms with E-state index in [0.717, 1.165) is 5.69 Å². The molecule has 0 saturated carbocycles. The predicted molar refractivity (Wildman–Crippen MR) is 68.7 cm³/mol. The maximum Gasteiger partial charge on any atom is 0.490 e. The molecule has 0 saturated heterocycles. The molecular formula is C11H14ClF4N3O3. The Bertz CT molecular complexity index is 505. The number of carboxylic acid groups (broad SMARTS) is 1. The molecule has 1 unspecified atom stereocenters. The molecule has 1 heterocycles. The number of aliphatic carboxylic acids is 1. The van der Waals surface area contributed by atoms with Crippen molar-refractivity contribution in [3.63, 3.8) is 0 Å². The van der Waals surface area contributed by atoms with Gasteiger partial charge in [0.25, 0.3) is 11.5 Å². The summed E-state index contributed by atoms with van der Waals surface area (Å²) >= 11 is 5.10. The molecule has 126 valence electrons. The van der Waals surface area contributed by atoms with Crippen LogP contribution >= 0.6 is 11.6 Å². The molecule has 0 aliphatic carbocycles. The van der Waals surface area contributed by atoms with Crippen molar-refractivity contribution >= 4 is 23.5 Å². The smallest absolute Gasteiger partial charge is 0.475 e. The number of amides is 1. The van der Waals surface area contributed by atoms with Gasteiger partial charge in [-0.25, -0.2) is 14.2 Å². The number of aryl methyl sites for hydroxylation is 1. The number of halogens is 5. The first-order chi connectivity index (χ1) is 10.0. The second-order valence-electron chi connectivity index (χ2n) is 3.95. The van der Waals surface area contributed by atoms with Gasteiger partial charge in [0.1, 0.15) is 0 Å². The van der Waals surface area contributed by atoms with E-state index in [0.29, 0.717) is 13.1 Å². The lowest BCUT2D eigenvalue weighted by Crippen LogP contribution is -2.35. The van der Waals surface area contributed by atoms with Crippen LogP contribution in [-0.2, 0) is 23.2 Å². The van der Waals surface area contributed by atoms with Gasteiger partial charge in [-0.15, -0.1) is 0 Å². The van der Waals surface area contributed by atoms with Crippen LogP contribution in [0.15, 0.2) is 12.5 Å². The average molecular weight is 348 g/mol. The number of aromatic nitrogens is 2. The first kappa shape index (κ1) is 20.2. The van der Waals surface area contributed by atoms with E-state index < -0.39 is 23.7 Å². The maximum atomic E-state index is 12.6. The van der Waals surface area contributed by atoms with Crippen molar-refractivity contribution in [3.05, 3.63) is 18.2 Å². The van der Waals surface area contributed by atoms with Crippen molar-refractivity contribution in [1.82, 2.24) is 14.5 Å². The third kappa shape index (κ3) is 6.74. The minimum atomic E-state index is -5.08. The molecule has 0 aromatic carbocycles. The maximum absolute atomic E-state index is 12.6. The second-order valence-corrected chi connectivity index (χ2v) is 4.34. The summed E-state index contributed by atoms with van der Waals surface area (Å²) in [6.45, 7) is 2.50. The lowest BCUT2D eigenvalue weighted by Gasteiger charge is -2.20. The summed E-state index contributed by atoms with van der Waals surface area (Å²) in [6.07, 6.45) is -1.82. The van der Waals surface area contributed by atoms with Gasteiger partial charge in [0.2, 0.25) is 0 Å². The molecule has 1 aromatic heterocycles. The summed E-state index contributed by atoms with van der Waals surface area (Å²) in [5, 5.41) is 7.12. The molecular weight excluding hydrogens is 334 g/mol. The second kappa shape index (κ2) is 8.57. The molecule has 0 aliphatic rings. The minimum Gasteiger partial charge on any atom is -0.475 e. The first-order valence-electron chi connectivity index (χ1n) is 5.82. The van der Waals surface area contributed by atoms with E-state index >= 15 is 0 Å². The van der Waals surface area contributed by atoms with Gasteiger partial charge in [0.05, 0.1) is 18.6 Å². The van der Waals surface area contributed by atoms with Crippen molar-refractivity contribution < 1.29 is 32.3 Å². The molecule has 0 bridgehead atoms. The topological polar surface area (TPSA) is 75.4 Å². The van der Waals surface area contributed by atoms with Gasteiger partial charge in [0, 0.05) is 19.8 Å². The number of carbonyl (C=O) groups excluding carboxylic acids is 1. The van der Waals surface area contributed by atoms with Crippen LogP contribution in [0.3, 0.4) is 0 Å². The quantitative estimate of drug-likeness (QED) is 0.667. The Kier molecular flexibility index (Phi) is 7.85. The zero-order chi connectivity index (χ0) is 17.5. The fourth-order valence-corrected chi connectivity index (χ4v) is 1.35. The van der Waals surface area contributed by atoms with Crippen LogP contribution in [0, 0.1) is 0 Å². The Morgan fingerprint density at radius 3 is 2.27 bits per heavy atom. The van der Waals surface area contributed by atoms with Crippen LogP contribution in [0.1, 0.15) is 12.6 Å². The minimum absolute atomic E-state index is 0.318. The number of rotatable bonds is 4. The molecule has 0 radical (unpaired) electrons. The monoisotopic (exact) mass is 347 g/mol. The van der Waals surface area contributed by atoms with Gasteiger partial charge in [-0.1, -0.05) is 11.6 Å². The molecule has 0 aliphatic heterocycles. The van der Waals surface area contributed by atoms with Gasteiger partial charge >= 0.3 is 12.1 Å². The van der Waals surface area contributed by atoms with Gasteiger partial charge < -0.3 is 14.6 Å². The van der Waals surface area contributed by atoms with E-state index in [2.05, 4.69) is 4.98 Å². The molecule has 1 aromatic rings. The molecule has 0 fully saturated rings. The Hall–Kier alpha value is -1.84. The summed E-state index contributed by atoms with van der Waals surface area (Å²) in [5.74, 6) is -3.46. The largest absolute Gasteiger partial charge is 0.490 e. The van der Waals surface area contributed by atoms with Crippen molar-refractivity contribution in [3.8, 4) is 0 Å². The van der Waals surface area contributed by atoms with Crippen LogP contribution in [0.25, 0.3) is 0 Å². The van der Waals surface area contributed by atoms with Crippen LogP contribution in [0.5, 0.6) is 0 Å². The highest BCUT2D eigenvalue weighted by Crippen LogP contribution is 2.13. The van der Waals surface area contributed by atoms with Crippen LogP contribution < -0.4 is 0 Å². The highest BCUT2D eigenvalue weighted by molar-refractivity contribution is 6.29. The normalized spacial score (nSPS) is 12.1. The molecule has 0 spiro atoms. The summed E-state index contributed by atoms with van der Waals surface area (Å²) in [6, 6.07) is 0. The number of alkyl halides is 5. The molecule has 1 rings (SSSR count). The van der Waals surface area contributed by atoms with Gasteiger partial charge in [0.15, 0.2) is 0 Å². The molecule has 22 heavy (non-hydrogen) atoms. The Balaban J connectivity index is 0.000000534. The number of hydrogen-bond donors (Lipinski definition) is 1. The summed E-state index contributed by atoms with van der Waals surface area (Å²) in [5.41, 5.74) is -1.14. The van der Waals surface area contributed by atoms with Crippen molar-refractivity contribution in [2.24, 2.45) is 7.05 Å². The fourth-order valence-electron chi connectivity index (χ4n) is 1.22. The Labute approximate surface area is 128 Å². The highest BCUT2D eigenvalue weighted by Gasteiger charge is 2.38. The standard InChI is InChI=1S/C9H13ClFN3O.C2HF3O2/c1-3-14(9(15)8(10)11)5-7-4-12-6-13(7)2;3-2(4,5)1(6)7/h4,6,8H,3,5H2,1-2H3;(H,6,7). The van der Waals surface area contributed by atoms with Crippen LogP contribution in [0.4, 0.5) is 17.6 Å². The predicted octanol–water partition coefficient (Wildman–Crippen LogP) is 1.94. The van der Waals surface area contributed by atoms with Gasteiger partial charge in [-0.05, 0) is 6.92 Å². The highest BCUT2D eigenvalue weighted by atomic mass is 35.5. The molecule has 1 N–H and O–H groups in total. The molecule has 1 atom stereocenters. The van der Waals surface area contributed by atoms with Crippen LogP contribution in [0.2, 0.25) is 0 Å². The van der Waals surface area contributed by atoms with Crippen molar-refractivity contribution in [2.75, 3.05) is 6.54 Å². The molecule has 6 nitrogen and oxygen atoms in total. The lowest BCUT2D eigenvalue weighted by molar-refractivity contribution is -0.192. The molecule has 11 heteroatoms. The van der Waals surface area contributed by atoms with E-state index in [4.69, 9.17) is 21.5 Å². The number of carboxylic acids is 1. The Morgan fingerprint density at radius 2 is 2.00 bits per heavy atom. The van der Waals surface area contributed by atoms with Crippen LogP contribution in [-0.4, -0.2) is 49.8 Å². The number of imidazole rings is 1. The Morgan fingerprint density at radius 1 is 1.50 bits per heavy atom. The number of nitrogens with zero attached hydrogens (tertiary/aromatic N) is 3. The SMILES string of the molecule is CCN(Cc1cncn1C)C(=O)C(F)Cl.O=C(O)C(F)(F)F. The summed E-state index contributed by atoms with van der Waals surface area (Å²) in [4.78, 5) is 25.5. The number of carbonyl (C=O) groups is 2. The van der Waals surface area contributed by atoms with E-state index in [1.165, 1.54) is 4.90 Å². The summed E-state index contributed by atoms with van der Waals surface area (Å²) in [7, 11) is 1.81. The zero-order valence-corrected chi connectivity index (χ0v) is 12.4. The zero-order valence-electron chi connectivity index (χ0n) is 11.6. The van der Waals surface area contributed by atoms with E-state index in [-0.39, 0.29) is 0 Å². The number of hydrogen-bond acceptors (Lipinski definition) is 3. The van der Waals surface area contributed by atoms with E-state index in [9.17, 15) is 22.4 Å². The van der Waals surface area contributed by atoms with Gasteiger partial charge in [-0.2, -0.15) is 13.2 Å². The fraction of sp³-hybridized carbons (Fsp3) is 0.545. The average Bonchev–Trinajstić information content (AvgIpc) is 2.80. The third-order valence-electron chi connectivity index (χ3n) is 2.39. The molecule has 1 amide bonds. The first-order valence-corrected chi connectivity index (χ1v) is 6.26. The van der Waals surface area contributed by atoms with Gasteiger partial charge in [-0.3, -0.25) is 4.79 Å². The lowest BCUT2D eigenvalue weighted by atomic mass is 10.4. The summed E-state index contributed by atoms with van der Waals surface area (Å²) < 4.78 is 46.1. The van der Waals surface area contributed by atoms with Crippen molar-refractivity contribution in [1.29, 1.82) is 0 Å². The van der Waals surface area contributed by atoms with E-state index in [1.54, 1.807) is 24.0 Å². The van der Waals surface area contributed by atoms with Crippen molar-refractivity contribution in [2.45, 2.75) is 25.3 Å². The third-order valence-corrected chi connectivity index (χ3v) is 2.58. The van der Waals surface area contributed by atoms with E-state index in [1.807, 2.05) is 7.05 Å².